The molecule has 0 unspecified atom stereocenters. The third-order valence-corrected chi connectivity index (χ3v) is 4.91. The molecule has 4 aromatic rings. The fourth-order valence-corrected chi connectivity index (χ4v) is 3.54. The molecule has 0 amide bonds. The Hall–Kier alpha value is -2.92. The van der Waals surface area contributed by atoms with Gasteiger partial charge in [-0.25, -0.2) is 9.98 Å². The average molecular weight is 348 g/mol. The molecule has 0 fully saturated rings. The molecular formula is C20H16N2O2S. The molecule has 0 bridgehead atoms. The van der Waals surface area contributed by atoms with E-state index in [1.54, 1.807) is 14.2 Å². The first-order chi connectivity index (χ1) is 12.3. The van der Waals surface area contributed by atoms with Gasteiger partial charge in [-0.1, -0.05) is 47.7 Å². The van der Waals surface area contributed by atoms with E-state index in [4.69, 9.17) is 9.47 Å². The molecule has 0 atom stereocenters. The molecule has 4 nitrogen and oxygen atoms in total. The summed E-state index contributed by atoms with van der Waals surface area (Å²) in [5.74, 6) is 1.37. The summed E-state index contributed by atoms with van der Waals surface area (Å²) in [6.07, 6.45) is 1.85. The molecule has 0 aliphatic carbocycles. The Labute approximate surface area is 149 Å². The number of hydrogen-bond donors (Lipinski definition) is 0. The highest BCUT2D eigenvalue weighted by molar-refractivity contribution is 7.22. The van der Waals surface area contributed by atoms with E-state index >= 15 is 0 Å². The van der Waals surface area contributed by atoms with Crippen molar-refractivity contribution in [1.82, 2.24) is 4.98 Å². The van der Waals surface area contributed by atoms with Crippen molar-refractivity contribution >= 4 is 43.7 Å². The highest BCUT2D eigenvalue weighted by Gasteiger charge is 2.10. The molecule has 0 saturated carbocycles. The SMILES string of the molecule is COc1cc2nc(/N=C/c3ccc4ccccc4c3)sc2cc1OC. The van der Waals surface area contributed by atoms with Crippen molar-refractivity contribution in [3.05, 3.63) is 60.2 Å². The Bertz CT molecular complexity index is 1040. The molecule has 0 N–H and O–H groups in total. The summed E-state index contributed by atoms with van der Waals surface area (Å²) in [6.45, 7) is 0. The van der Waals surface area contributed by atoms with Crippen LogP contribution in [0.2, 0.25) is 0 Å². The van der Waals surface area contributed by atoms with Crippen molar-refractivity contribution in [3.8, 4) is 11.5 Å². The Morgan fingerprint density at radius 2 is 1.68 bits per heavy atom. The molecule has 0 aliphatic heterocycles. The van der Waals surface area contributed by atoms with Crippen LogP contribution in [0.5, 0.6) is 11.5 Å². The van der Waals surface area contributed by atoms with Crippen molar-refractivity contribution in [2.45, 2.75) is 0 Å². The molecule has 4 rings (SSSR count). The van der Waals surface area contributed by atoms with Gasteiger partial charge in [-0.15, -0.1) is 0 Å². The standard InChI is InChI=1S/C20H16N2O2S/c1-23-17-10-16-19(11-18(17)24-2)25-20(22-16)21-12-13-7-8-14-5-3-4-6-15(14)9-13/h3-12H,1-2H3/b21-12+. The smallest absolute Gasteiger partial charge is 0.210 e. The van der Waals surface area contributed by atoms with Gasteiger partial charge in [-0.3, -0.25) is 0 Å². The second kappa shape index (κ2) is 6.53. The van der Waals surface area contributed by atoms with E-state index < -0.39 is 0 Å². The summed E-state index contributed by atoms with van der Waals surface area (Å²) in [5, 5.41) is 3.13. The Balaban J connectivity index is 1.67. The molecule has 0 aliphatic rings. The number of ether oxygens (including phenoxy) is 2. The zero-order valence-corrected chi connectivity index (χ0v) is 14.7. The lowest BCUT2D eigenvalue weighted by molar-refractivity contribution is 0.356. The van der Waals surface area contributed by atoms with E-state index in [0.29, 0.717) is 16.6 Å². The minimum absolute atomic E-state index is 0.672. The van der Waals surface area contributed by atoms with Crippen LogP contribution in [0.3, 0.4) is 0 Å². The zero-order valence-electron chi connectivity index (χ0n) is 13.9. The van der Waals surface area contributed by atoms with Crippen LogP contribution in [-0.4, -0.2) is 25.4 Å². The first-order valence-corrected chi connectivity index (χ1v) is 8.64. The van der Waals surface area contributed by atoms with Gasteiger partial charge in [0, 0.05) is 18.3 Å². The van der Waals surface area contributed by atoms with Gasteiger partial charge in [0.05, 0.1) is 24.4 Å². The largest absolute Gasteiger partial charge is 0.493 e. The summed E-state index contributed by atoms with van der Waals surface area (Å²) >= 11 is 1.52. The number of hydrogen-bond acceptors (Lipinski definition) is 5. The van der Waals surface area contributed by atoms with Crippen LogP contribution in [0.15, 0.2) is 59.6 Å². The number of benzene rings is 3. The normalized spacial score (nSPS) is 11.4. The molecule has 0 radical (unpaired) electrons. The fourth-order valence-electron chi connectivity index (χ4n) is 2.72. The van der Waals surface area contributed by atoms with Gasteiger partial charge in [0.1, 0.15) is 0 Å². The van der Waals surface area contributed by atoms with Gasteiger partial charge in [0.25, 0.3) is 0 Å². The van der Waals surface area contributed by atoms with Crippen molar-refractivity contribution in [1.29, 1.82) is 0 Å². The zero-order chi connectivity index (χ0) is 17.2. The van der Waals surface area contributed by atoms with E-state index in [9.17, 15) is 0 Å². The lowest BCUT2D eigenvalue weighted by Crippen LogP contribution is -1.89. The maximum absolute atomic E-state index is 5.34. The van der Waals surface area contributed by atoms with E-state index in [1.165, 1.54) is 22.1 Å². The molecule has 25 heavy (non-hydrogen) atoms. The average Bonchev–Trinajstić information content (AvgIpc) is 3.06. The predicted octanol–water partition coefficient (Wildman–Crippen LogP) is 5.22. The van der Waals surface area contributed by atoms with E-state index in [1.807, 2.05) is 30.5 Å². The minimum atomic E-state index is 0.672. The van der Waals surface area contributed by atoms with Gasteiger partial charge < -0.3 is 9.47 Å². The van der Waals surface area contributed by atoms with Crippen molar-refractivity contribution in [2.75, 3.05) is 14.2 Å². The predicted molar refractivity (Wildman–Crippen MR) is 104 cm³/mol. The number of aromatic nitrogens is 1. The number of thiazole rings is 1. The van der Waals surface area contributed by atoms with Gasteiger partial charge in [-0.05, 0) is 22.4 Å². The Morgan fingerprint density at radius 1 is 0.920 bits per heavy atom. The Morgan fingerprint density at radius 3 is 2.48 bits per heavy atom. The third-order valence-electron chi connectivity index (χ3n) is 3.98. The Kier molecular flexibility index (Phi) is 4.07. The molecule has 0 saturated heterocycles. The van der Waals surface area contributed by atoms with Gasteiger partial charge in [-0.2, -0.15) is 0 Å². The van der Waals surface area contributed by atoms with Crippen molar-refractivity contribution in [2.24, 2.45) is 4.99 Å². The molecule has 1 heterocycles. The maximum atomic E-state index is 5.34. The van der Waals surface area contributed by atoms with Crippen LogP contribution in [-0.2, 0) is 0 Å². The maximum Gasteiger partial charge on any atom is 0.210 e. The lowest BCUT2D eigenvalue weighted by Gasteiger charge is -2.05. The van der Waals surface area contributed by atoms with E-state index in [2.05, 4.69) is 40.3 Å². The second-order valence-electron chi connectivity index (χ2n) is 5.54. The van der Waals surface area contributed by atoms with Crippen LogP contribution >= 0.6 is 11.3 Å². The lowest BCUT2D eigenvalue weighted by atomic mass is 10.1. The van der Waals surface area contributed by atoms with Gasteiger partial charge in [0.15, 0.2) is 11.5 Å². The number of methoxy groups -OCH3 is 2. The molecular weight excluding hydrogens is 332 g/mol. The van der Waals surface area contributed by atoms with Crippen LogP contribution in [0, 0.1) is 0 Å². The highest BCUT2D eigenvalue weighted by Crippen LogP contribution is 2.36. The van der Waals surface area contributed by atoms with Crippen LogP contribution in [0.4, 0.5) is 5.13 Å². The summed E-state index contributed by atoms with van der Waals surface area (Å²) in [6, 6.07) is 18.4. The number of nitrogens with zero attached hydrogens (tertiary/aromatic N) is 2. The van der Waals surface area contributed by atoms with Gasteiger partial charge >= 0.3 is 0 Å². The van der Waals surface area contributed by atoms with Crippen molar-refractivity contribution < 1.29 is 9.47 Å². The molecule has 5 heteroatoms. The monoisotopic (exact) mass is 348 g/mol. The van der Waals surface area contributed by atoms with Gasteiger partial charge in [0.2, 0.25) is 5.13 Å². The fraction of sp³-hybridized carbons (Fsp3) is 0.100. The topological polar surface area (TPSA) is 43.7 Å². The first kappa shape index (κ1) is 15.6. The molecule has 3 aromatic carbocycles. The summed E-state index contributed by atoms with van der Waals surface area (Å²) < 4.78 is 11.7. The minimum Gasteiger partial charge on any atom is -0.493 e. The number of aliphatic imine (C=N–C) groups is 1. The van der Waals surface area contributed by atoms with Crippen LogP contribution < -0.4 is 9.47 Å². The summed E-state index contributed by atoms with van der Waals surface area (Å²) in [5.41, 5.74) is 1.90. The van der Waals surface area contributed by atoms with E-state index in [0.717, 1.165) is 15.8 Å². The van der Waals surface area contributed by atoms with Crippen molar-refractivity contribution in [3.63, 3.8) is 0 Å². The molecule has 1 aromatic heterocycles. The first-order valence-electron chi connectivity index (χ1n) is 7.82. The summed E-state index contributed by atoms with van der Waals surface area (Å²) in [7, 11) is 3.25. The summed E-state index contributed by atoms with van der Waals surface area (Å²) in [4.78, 5) is 9.09. The van der Waals surface area contributed by atoms with Crippen LogP contribution in [0.1, 0.15) is 5.56 Å². The number of rotatable bonds is 4. The van der Waals surface area contributed by atoms with Crippen LogP contribution in [0.25, 0.3) is 21.0 Å². The highest BCUT2D eigenvalue weighted by atomic mass is 32.1. The quantitative estimate of drug-likeness (QED) is 0.475. The van der Waals surface area contributed by atoms with E-state index in [-0.39, 0.29) is 0 Å². The third kappa shape index (κ3) is 3.06. The molecule has 0 spiro atoms. The molecule has 124 valence electrons. The number of fused-ring (bicyclic) bond motifs is 2. The second-order valence-corrected chi connectivity index (χ2v) is 6.55.